The van der Waals surface area contributed by atoms with Crippen LogP contribution in [0.25, 0.3) is 22.3 Å². The van der Waals surface area contributed by atoms with Crippen molar-refractivity contribution in [3.05, 3.63) is 48.2 Å². The maximum Gasteiger partial charge on any atom is 0.203 e. The Morgan fingerprint density at radius 2 is 1.47 bits per heavy atom. The lowest BCUT2D eigenvalue weighted by molar-refractivity contribution is 0.324. The summed E-state index contributed by atoms with van der Waals surface area (Å²) in [6.07, 6.45) is 1.76. The number of nitrogens with zero attached hydrogens (tertiary/aromatic N) is 3. The van der Waals surface area contributed by atoms with Crippen molar-refractivity contribution in [2.24, 2.45) is 0 Å². The minimum Gasteiger partial charge on any atom is -0.493 e. The predicted molar refractivity (Wildman–Crippen MR) is 131 cm³/mol. The molecule has 34 heavy (non-hydrogen) atoms. The molecule has 0 saturated heterocycles. The van der Waals surface area contributed by atoms with E-state index in [-0.39, 0.29) is 0 Å². The molecule has 0 aliphatic heterocycles. The fourth-order valence-corrected chi connectivity index (χ4v) is 3.93. The van der Waals surface area contributed by atoms with Crippen molar-refractivity contribution in [2.75, 3.05) is 47.9 Å². The Labute approximate surface area is 198 Å². The van der Waals surface area contributed by atoms with E-state index >= 15 is 0 Å². The van der Waals surface area contributed by atoms with Gasteiger partial charge in [-0.1, -0.05) is 6.07 Å². The minimum atomic E-state index is 0.533. The maximum absolute atomic E-state index is 5.51. The molecule has 0 radical (unpaired) electrons. The van der Waals surface area contributed by atoms with Crippen LogP contribution in [-0.4, -0.2) is 57.1 Å². The first-order valence-electron chi connectivity index (χ1n) is 10.6. The summed E-state index contributed by atoms with van der Waals surface area (Å²) < 4.78 is 29.4. The Hall–Kier alpha value is -4.14. The number of ether oxygens (including phenoxy) is 5. The molecule has 0 spiro atoms. The van der Waals surface area contributed by atoms with Crippen molar-refractivity contribution in [1.29, 1.82) is 0 Å². The van der Waals surface area contributed by atoms with Gasteiger partial charge in [0.1, 0.15) is 5.52 Å². The highest BCUT2D eigenvalue weighted by atomic mass is 16.5. The molecular weight excluding hydrogens is 436 g/mol. The van der Waals surface area contributed by atoms with Gasteiger partial charge in [-0.2, -0.15) is 0 Å². The van der Waals surface area contributed by atoms with E-state index in [1.807, 2.05) is 43.4 Å². The third-order valence-corrected chi connectivity index (χ3v) is 5.61. The van der Waals surface area contributed by atoms with Crippen LogP contribution < -0.4 is 29.0 Å². The molecule has 9 nitrogen and oxygen atoms in total. The number of hydrogen-bond acceptors (Lipinski definition) is 8. The maximum atomic E-state index is 5.51. The summed E-state index contributed by atoms with van der Waals surface area (Å²) in [5.74, 6) is 3.75. The molecule has 2 heterocycles. The molecule has 0 fully saturated rings. The van der Waals surface area contributed by atoms with Gasteiger partial charge in [0, 0.05) is 12.6 Å². The molecule has 178 valence electrons. The van der Waals surface area contributed by atoms with Gasteiger partial charge in [-0.25, -0.2) is 4.98 Å². The third kappa shape index (κ3) is 4.12. The lowest BCUT2D eigenvalue weighted by atomic mass is 10.1. The second kappa shape index (κ2) is 9.78. The summed E-state index contributed by atoms with van der Waals surface area (Å²) in [7, 11) is 9.86. The fourth-order valence-electron chi connectivity index (χ4n) is 3.93. The minimum absolute atomic E-state index is 0.533. The van der Waals surface area contributed by atoms with E-state index in [1.54, 1.807) is 41.7 Å². The summed E-state index contributed by atoms with van der Waals surface area (Å²) in [5.41, 5.74) is 4.34. The molecule has 4 aromatic rings. The highest BCUT2D eigenvalue weighted by molar-refractivity contribution is 5.83. The van der Waals surface area contributed by atoms with Crippen LogP contribution in [0.15, 0.2) is 42.6 Å². The molecule has 0 unspecified atom stereocenters. The number of pyridine rings is 1. The van der Waals surface area contributed by atoms with Crippen molar-refractivity contribution >= 4 is 17.0 Å². The summed E-state index contributed by atoms with van der Waals surface area (Å²) in [6, 6.07) is 11.6. The summed E-state index contributed by atoms with van der Waals surface area (Å²) >= 11 is 0. The van der Waals surface area contributed by atoms with E-state index < -0.39 is 0 Å². The second-order valence-electron chi connectivity index (χ2n) is 7.43. The number of anilines is 1. The Kier molecular flexibility index (Phi) is 6.62. The Morgan fingerprint density at radius 1 is 0.794 bits per heavy atom. The van der Waals surface area contributed by atoms with Crippen LogP contribution >= 0.6 is 0 Å². The molecule has 0 aliphatic carbocycles. The van der Waals surface area contributed by atoms with Gasteiger partial charge >= 0.3 is 0 Å². The Bertz CT molecular complexity index is 1290. The zero-order chi connectivity index (χ0) is 24.2. The van der Waals surface area contributed by atoms with E-state index in [0.29, 0.717) is 35.3 Å². The van der Waals surface area contributed by atoms with Crippen LogP contribution in [0.1, 0.15) is 5.56 Å². The van der Waals surface area contributed by atoms with Gasteiger partial charge in [0.2, 0.25) is 11.7 Å². The molecule has 0 atom stereocenters. The van der Waals surface area contributed by atoms with Crippen molar-refractivity contribution in [3.63, 3.8) is 0 Å². The topological polar surface area (TPSA) is 88.9 Å². The molecule has 2 aromatic carbocycles. The zero-order valence-electron chi connectivity index (χ0n) is 20.1. The van der Waals surface area contributed by atoms with Crippen LogP contribution in [0.2, 0.25) is 0 Å². The molecule has 9 heteroatoms. The van der Waals surface area contributed by atoms with E-state index in [4.69, 9.17) is 28.7 Å². The zero-order valence-corrected chi connectivity index (χ0v) is 20.1. The third-order valence-electron chi connectivity index (χ3n) is 5.61. The first kappa shape index (κ1) is 23.0. The summed E-state index contributed by atoms with van der Waals surface area (Å²) in [6.45, 7) is 0.575. The first-order chi connectivity index (χ1) is 16.6. The standard InChI is InChI=1S/C25H28N4O5/c1-26-25-28-18-13-27-17(16-10-22(32-4)24(34-6)23(11-16)33-5)12-19(18)29(25)14-15-7-8-20(30-2)21(9-15)31-3/h7-13H,14H2,1-6H3,(H,26,28). The van der Waals surface area contributed by atoms with Crippen LogP contribution in [0.5, 0.6) is 28.7 Å². The van der Waals surface area contributed by atoms with Crippen molar-refractivity contribution in [3.8, 4) is 40.0 Å². The van der Waals surface area contributed by atoms with Gasteiger partial charge in [-0.3, -0.25) is 4.98 Å². The molecule has 0 aliphatic rings. The number of rotatable bonds is 9. The first-order valence-corrected chi connectivity index (χ1v) is 10.6. The largest absolute Gasteiger partial charge is 0.493 e. The number of nitrogens with one attached hydrogen (secondary N) is 1. The lowest BCUT2D eigenvalue weighted by Crippen LogP contribution is -2.05. The number of imidazole rings is 1. The van der Waals surface area contributed by atoms with Crippen LogP contribution in [-0.2, 0) is 6.54 Å². The van der Waals surface area contributed by atoms with Crippen molar-refractivity contribution in [2.45, 2.75) is 6.54 Å². The van der Waals surface area contributed by atoms with Gasteiger partial charge in [0.25, 0.3) is 0 Å². The van der Waals surface area contributed by atoms with Crippen LogP contribution in [0.4, 0.5) is 5.95 Å². The SMILES string of the molecule is CNc1nc2cnc(-c3cc(OC)c(OC)c(OC)c3)cc2n1Cc1ccc(OC)c(OC)c1. The smallest absolute Gasteiger partial charge is 0.203 e. The molecule has 4 rings (SSSR count). The van der Waals surface area contributed by atoms with Gasteiger partial charge in [-0.05, 0) is 35.9 Å². The van der Waals surface area contributed by atoms with Crippen molar-refractivity contribution < 1.29 is 23.7 Å². The number of methoxy groups -OCH3 is 5. The van der Waals surface area contributed by atoms with Gasteiger partial charge < -0.3 is 33.6 Å². The second-order valence-corrected chi connectivity index (χ2v) is 7.43. The molecule has 2 aromatic heterocycles. The fraction of sp³-hybridized carbons (Fsp3) is 0.280. The molecule has 0 saturated carbocycles. The van der Waals surface area contributed by atoms with Gasteiger partial charge in [-0.15, -0.1) is 0 Å². The predicted octanol–water partition coefficient (Wildman–Crippen LogP) is 4.23. The number of aromatic nitrogens is 3. The quantitative estimate of drug-likeness (QED) is 0.394. The Morgan fingerprint density at radius 3 is 2.06 bits per heavy atom. The highest BCUT2D eigenvalue weighted by Gasteiger charge is 2.17. The van der Waals surface area contributed by atoms with Crippen LogP contribution in [0.3, 0.4) is 0 Å². The monoisotopic (exact) mass is 464 g/mol. The van der Waals surface area contributed by atoms with Gasteiger partial charge in [0.15, 0.2) is 23.0 Å². The molecule has 0 amide bonds. The number of benzene rings is 2. The molecular formula is C25H28N4O5. The van der Waals surface area contributed by atoms with Gasteiger partial charge in [0.05, 0.1) is 59.5 Å². The average molecular weight is 465 g/mol. The van der Waals surface area contributed by atoms with E-state index in [0.717, 1.165) is 33.8 Å². The van der Waals surface area contributed by atoms with Crippen molar-refractivity contribution in [1.82, 2.24) is 14.5 Å². The average Bonchev–Trinajstić information content (AvgIpc) is 3.24. The van der Waals surface area contributed by atoms with E-state index in [1.165, 1.54) is 0 Å². The summed E-state index contributed by atoms with van der Waals surface area (Å²) in [4.78, 5) is 9.33. The van der Waals surface area contributed by atoms with E-state index in [9.17, 15) is 0 Å². The summed E-state index contributed by atoms with van der Waals surface area (Å²) in [5, 5.41) is 3.18. The Balaban J connectivity index is 1.81. The highest BCUT2D eigenvalue weighted by Crippen LogP contribution is 2.41. The normalized spacial score (nSPS) is 10.8. The van der Waals surface area contributed by atoms with Crippen LogP contribution in [0, 0.1) is 0 Å². The number of fused-ring (bicyclic) bond motifs is 1. The number of hydrogen-bond donors (Lipinski definition) is 1. The lowest BCUT2D eigenvalue weighted by Gasteiger charge is -2.14. The molecule has 0 bridgehead atoms. The van der Waals surface area contributed by atoms with E-state index in [2.05, 4.69) is 14.9 Å². The molecule has 1 N–H and O–H groups in total.